The van der Waals surface area contributed by atoms with Crippen molar-refractivity contribution in [2.45, 2.75) is 50.8 Å². The van der Waals surface area contributed by atoms with Crippen LogP contribution in [0.5, 0.6) is 0 Å². The number of hydrogen-bond acceptors (Lipinski definition) is 7. The molecule has 2 fully saturated rings. The number of aliphatic hydroxyl groups excluding tert-OH is 1. The first-order valence-corrected chi connectivity index (χ1v) is 7.31. The molecule has 2 saturated heterocycles. The minimum Gasteiger partial charge on any atom is -0.393 e. The van der Waals surface area contributed by atoms with Crippen molar-refractivity contribution in [1.82, 2.24) is 9.97 Å². The molecule has 2 bridgehead atoms. The molecule has 2 atom stereocenters. The molecule has 3 heterocycles. The van der Waals surface area contributed by atoms with Crippen molar-refractivity contribution in [2.24, 2.45) is 0 Å². The van der Waals surface area contributed by atoms with Crippen LogP contribution in [0.25, 0.3) is 0 Å². The van der Waals surface area contributed by atoms with Crippen LogP contribution in [0, 0.1) is 10.1 Å². The van der Waals surface area contributed by atoms with E-state index in [1.165, 1.54) is 6.20 Å². The number of hydrogen-bond donors (Lipinski definition) is 2. The van der Waals surface area contributed by atoms with Crippen molar-refractivity contribution >= 4 is 17.5 Å². The first-order chi connectivity index (χ1) is 10.1. The Morgan fingerprint density at radius 3 is 2.71 bits per heavy atom. The summed E-state index contributed by atoms with van der Waals surface area (Å²) in [6.45, 7) is 2.58. The zero-order chi connectivity index (χ0) is 15.0. The molecule has 3 rings (SSSR count). The topological polar surface area (TPSA) is 104 Å². The van der Waals surface area contributed by atoms with Gasteiger partial charge in [0.2, 0.25) is 11.8 Å². The van der Waals surface area contributed by atoms with Gasteiger partial charge in [-0.2, -0.15) is 4.98 Å². The summed E-state index contributed by atoms with van der Waals surface area (Å²) in [5.74, 6) is 0.786. The van der Waals surface area contributed by atoms with Crippen molar-refractivity contribution < 1.29 is 10.0 Å². The molecule has 8 nitrogen and oxygen atoms in total. The molecule has 8 heteroatoms. The average molecular weight is 293 g/mol. The first kappa shape index (κ1) is 14.0. The van der Waals surface area contributed by atoms with Crippen molar-refractivity contribution in [3.8, 4) is 0 Å². The van der Waals surface area contributed by atoms with Crippen LogP contribution in [0.3, 0.4) is 0 Å². The number of piperidine rings is 1. The zero-order valence-corrected chi connectivity index (χ0v) is 11.9. The minimum absolute atomic E-state index is 0.0649. The molecule has 2 aliphatic rings. The van der Waals surface area contributed by atoms with Crippen molar-refractivity contribution in [2.75, 3.05) is 16.8 Å². The number of anilines is 2. The Balaban J connectivity index is 2.00. The highest BCUT2D eigenvalue weighted by atomic mass is 16.6. The molecule has 0 aliphatic carbocycles. The van der Waals surface area contributed by atoms with Gasteiger partial charge in [0.15, 0.2) is 0 Å². The Kier molecular flexibility index (Phi) is 3.62. The molecular formula is C13H19N5O3. The fourth-order valence-electron chi connectivity index (χ4n) is 3.42. The molecule has 21 heavy (non-hydrogen) atoms. The van der Waals surface area contributed by atoms with E-state index in [1.54, 1.807) is 0 Å². The Bertz CT molecular complexity index is 539. The van der Waals surface area contributed by atoms with E-state index >= 15 is 0 Å². The Labute approximate surface area is 122 Å². The number of rotatable bonds is 4. The minimum atomic E-state index is -0.435. The van der Waals surface area contributed by atoms with Gasteiger partial charge < -0.3 is 15.3 Å². The lowest BCUT2D eigenvalue weighted by atomic mass is 10.00. The molecule has 2 N–H and O–H groups in total. The highest BCUT2D eigenvalue weighted by Crippen LogP contribution is 2.41. The van der Waals surface area contributed by atoms with Crippen LogP contribution in [0.1, 0.15) is 32.6 Å². The van der Waals surface area contributed by atoms with Crippen LogP contribution >= 0.6 is 0 Å². The fraction of sp³-hybridized carbons (Fsp3) is 0.692. The lowest BCUT2D eigenvalue weighted by molar-refractivity contribution is -0.384. The van der Waals surface area contributed by atoms with Crippen LogP contribution in [-0.4, -0.2) is 44.7 Å². The number of fused-ring (bicyclic) bond motifs is 2. The average Bonchev–Trinajstić information content (AvgIpc) is 2.71. The van der Waals surface area contributed by atoms with E-state index in [0.29, 0.717) is 31.2 Å². The molecule has 0 aromatic carbocycles. The summed E-state index contributed by atoms with van der Waals surface area (Å²) in [6.07, 6.45) is 4.14. The third-order valence-corrected chi connectivity index (χ3v) is 4.23. The van der Waals surface area contributed by atoms with Gasteiger partial charge in [-0.1, -0.05) is 0 Å². The summed E-state index contributed by atoms with van der Waals surface area (Å²) in [6, 6.07) is 0.253. The van der Waals surface area contributed by atoms with Gasteiger partial charge in [-0.25, -0.2) is 4.98 Å². The van der Waals surface area contributed by atoms with Crippen LogP contribution < -0.4 is 10.2 Å². The van der Waals surface area contributed by atoms with Gasteiger partial charge in [0, 0.05) is 18.6 Å². The molecule has 1 aromatic heterocycles. The molecule has 114 valence electrons. The lowest BCUT2D eigenvalue weighted by Crippen LogP contribution is -2.45. The van der Waals surface area contributed by atoms with Crippen LogP contribution in [0.2, 0.25) is 0 Å². The van der Waals surface area contributed by atoms with E-state index in [2.05, 4.69) is 15.3 Å². The van der Waals surface area contributed by atoms with Crippen LogP contribution in [0.4, 0.5) is 17.5 Å². The fourth-order valence-corrected chi connectivity index (χ4v) is 3.42. The molecule has 0 saturated carbocycles. The second-order valence-electron chi connectivity index (χ2n) is 5.61. The summed E-state index contributed by atoms with van der Waals surface area (Å²) in [7, 11) is 0. The van der Waals surface area contributed by atoms with Crippen molar-refractivity contribution in [3.63, 3.8) is 0 Å². The third-order valence-electron chi connectivity index (χ3n) is 4.23. The number of nitrogens with one attached hydrogen (secondary N) is 1. The molecule has 2 unspecified atom stereocenters. The third kappa shape index (κ3) is 2.51. The molecule has 1 aromatic rings. The summed E-state index contributed by atoms with van der Waals surface area (Å²) >= 11 is 0. The summed E-state index contributed by atoms with van der Waals surface area (Å²) in [5.41, 5.74) is -0.0649. The SMILES string of the molecule is CCNc1ncc([N+](=O)[O-])c(N2C3CCC2CC(O)C3)n1. The van der Waals surface area contributed by atoms with Gasteiger partial charge in [-0.05, 0) is 32.6 Å². The number of nitrogens with zero attached hydrogens (tertiary/aromatic N) is 4. The summed E-state index contributed by atoms with van der Waals surface area (Å²) in [5, 5.41) is 24.1. The maximum atomic E-state index is 11.3. The molecule has 0 radical (unpaired) electrons. The second kappa shape index (κ2) is 5.44. The summed E-state index contributed by atoms with van der Waals surface area (Å²) in [4.78, 5) is 21.2. The highest BCUT2D eigenvalue weighted by Gasteiger charge is 2.43. The Hall–Kier alpha value is -1.96. The van der Waals surface area contributed by atoms with Gasteiger partial charge in [0.1, 0.15) is 6.20 Å². The van der Waals surface area contributed by atoms with E-state index in [0.717, 1.165) is 12.8 Å². The smallest absolute Gasteiger partial charge is 0.329 e. The second-order valence-corrected chi connectivity index (χ2v) is 5.61. The van der Waals surface area contributed by atoms with Crippen LogP contribution in [-0.2, 0) is 0 Å². The maximum absolute atomic E-state index is 11.3. The predicted molar refractivity (Wildman–Crippen MR) is 77.4 cm³/mol. The van der Waals surface area contributed by atoms with Gasteiger partial charge in [-0.15, -0.1) is 0 Å². The molecule has 0 spiro atoms. The molecule has 2 aliphatic heterocycles. The van der Waals surface area contributed by atoms with E-state index in [9.17, 15) is 15.2 Å². The molecule has 0 amide bonds. The lowest BCUT2D eigenvalue weighted by Gasteiger charge is -2.37. The predicted octanol–water partition coefficient (Wildman–Crippen LogP) is 1.31. The monoisotopic (exact) mass is 293 g/mol. The summed E-state index contributed by atoms with van der Waals surface area (Å²) < 4.78 is 0. The highest BCUT2D eigenvalue weighted by molar-refractivity contribution is 5.61. The van der Waals surface area contributed by atoms with Gasteiger partial charge in [-0.3, -0.25) is 10.1 Å². The zero-order valence-electron chi connectivity index (χ0n) is 11.9. The van der Waals surface area contributed by atoms with E-state index in [4.69, 9.17) is 0 Å². The molecular weight excluding hydrogens is 274 g/mol. The standard InChI is InChI=1S/C13H19N5O3/c1-2-14-13-15-7-11(18(20)21)12(16-13)17-8-3-4-9(17)6-10(19)5-8/h7-10,19H,2-6H2,1H3,(H,14,15,16). The normalized spacial score (nSPS) is 27.7. The van der Waals surface area contributed by atoms with E-state index in [1.807, 2.05) is 11.8 Å². The van der Waals surface area contributed by atoms with Gasteiger partial charge in [0.25, 0.3) is 0 Å². The van der Waals surface area contributed by atoms with Crippen molar-refractivity contribution in [1.29, 1.82) is 0 Å². The Morgan fingerprint density at radius 2 is 2.14 bits per heavy atom. The van der Waals surface area contributed by atoms with E-state index < -0.39 is 4.92 Å². The maximum Gasteiger partial charge on any atom is 0.329 e. The van der Waals surface area contributed by atoms with Crippen LogP contribution in [0.15, 0.2) is 6.20 Å². The number of nitro groups is 1. The Morgan fingerprint density at radius 1 is 1.48 bits per heavy atom. The van der Waals surface area contributed by atoms with Gasteiger partial charge in [0.05, 0.1) is 11.0 Å². The van der Waals surface area contributed by atoms with Gasteiger partial charge >= 0.3 is 5.69 Å². The number of aliphatic hydroxyl groups is 1. The first-order valence-electron chi connectivity index (χ1n) is 7.31. The largest absolute Gasteiger partial charge is 0.393 e. The quantitative estimate of drug-likeness (QED) is 0.637. The number of aromatic nitrogens is 2. The van der Waals surface area contributed by atoms with E-state index in [-0.39, 0.29) is 23.9 Å². The van der Waals surface area contributed by atoms with Crippen molar-refractivity contribution in [3.05, 3.63) is 16.3 Å².